The maximum absolute atomic E-state index is 6.19. The maximum atomic E-state index is 6.19. The van der Waals surface area contributed by atoms with Gasteiger partial charge in [-0.2, -0.15) is 0 Å². The Kier molecular flexibility index (Phi) is 3.65. The molecule has 3 rings (SSSR count). The molecule has 0 aromatic heterocycles. The van der Waals surface area contributed by atoms with Crippen LogP contribution in [0.5, 0.6) is 5.75 Å². The third-order valence-electron chi connectivity index (χ3n) is 4.22. The van der Waals surface area contributed by atoms with Crippen LogP contribution in [-0.4, -0.2) is 32.8 Å². The number of nitrogens with one attached hydrogen (secondary N) is 1. The summed E-state index contributed by atoms with van der Waals surface area (Å²) in [4.78, 5) is 2.36. The molecular weight excluding hydrogens is 236 g/mol. The van der Waals surface area contributed by atoms with Crippen molar-refractivity contribution in [2.75, 3.05) is 31.6 Å². The molecule has 0 fully saturated rings. The molecule has 0 bridgehead atoms. The van der Waals surface area contributed by atoms with E-state index >= 15 is 0 Å². The Bertz CT molecular complexity index is 458. The van der Waals surface area contributed by atoms with Crippen molar-refractivity contribution in [3.05, 3.63) is 23.3 Å². The van der Waals surface area contributed by atoms with Gasteiger partial charge in [-0.1, -0.05) is 13.3 Å². The van der Waals surface area contributed by atoms with Gasteiger partial charge in [0.25, 0.3) is 0 Å². The monoisotopic (exact) mass is 260 g/mol. The van der Waals surface area contributed by atoms with Crippen LogP contribution in [0.25, 0.3) is 0 Å². The first-order valence-corrected chi connectivity index (χ1v) is 7.52. The summed E-state index contributed by atoms with van der Waals surface area (Å²) in [5.41, 5.74) is 4.23. The van der Waals surface area contributed by atoms with Crippen molar-refractivity contribution < 1.29 is 4.74 Å². The number of rotatable bonds is 2. The minimum Gasteiger partial charge on any atom is -0.486 e. The number of anilines is 1. The van der Waals surface area contributed by atoms with Crippen LogP contribution in [0.15, 0.2) is 12.1 Å². The van der Waals surface area contributed by atoms with E-state index in [1.54, 1.807) is 0 Å². The zero-order valence-electron chi connectivity index (χ0n) is 12.0. The van der Waals surface area contributed by atoms with E-state index in [0.717, 1.165) is 44.6 Å². The molecule has 0 unspecified atom stereocenters. The van der Waals surface area contributed by atoms with E-state index < -0.39 is 0 Å². The average molecular weight is 260 g/mol. The zero-order chi connectivity index (χ0) is 13.2. The lowest BCUT2D eigenvalue weighted by Gasteiger charge is -2.34. The Morgan fingerprint density at radius 3 is 2.74 bits per heavy atom. The molecule has 0 amide bonds. The lowest BCUT2D eigenvalue weighted by atomic mass is 10.00. The molecule has 1 atom stereocenters. The maximum Gasteiger partial charge on any atom is 0.143 e. The summed E-state index contributed by atoms with van der Waals surface area (Å²) in [5, 5.41) is 3.47. The summed E-state index contributed by atoms with van der Waals surface area (Å²) in [6.07, 6.45) is 4.93. The van der Waals surface area contributed by atoms with Gasteiger partial charge < -0.3 is 15.0 Å². The Labute approximate surface area is 115 Å². The summed E-state index contributed by atoms with van der Waals surface area (Å²) >= 11 is 0. The van der Waals surface area contributed by atoms with E-state index in [4.69, 9.17) is 4.74 Å². The van der Waals surface area contributed by atoms with E-state index in [1.165, 1.54) is 23.2 Å². The van der Waals surface area contributed by atoms with Crippen LogP contribution in [0.3, 0.4) is 0 Å². The molecule has 1 N–H and O–H groups in total. The molecule has 0 radical (unpaired) electrons. The molecule has 2 aliphatic heterocycles. The second-order valence-corrected chi connectivity index (χ2v) is 5.75. The van der Waals surface area contributed by atoms with Crippen LogP contribution in [0, 0.1) is 0 Å². The lowest BCUT2D eigenvalue weighted by Crippen LogP contribution is -2.37. The van der Waals surface area contributed by atoms with Crippen molar-refractivity contribution in [2.24, 2.45) is 0 Å². The molecule has 1 aromatic rings. The number of hydrogen-bond donors (Lipinski definition) is 1. The molecule has 104 valence electrons. The minimum atomic E-state index is 0.351. The molecule has 1 aromatic carbocycles. The Hall–Kier alpha value is -1.22. The Morgan fingerprint density at radius 1 is 1.26 bits per heavy atom. The standard InChI is InChI=1S/C16H24N2O/c1-3-4-14-11-18(2)15-9-12-5-7-17-8-6-13(12)10-16(15)19-14/h9-10,14,17H,3-8,11H2,1-2H3/t14-/m0/s1. The summed E-state index contributed by atoms with van der Waals surface area (Å²) in [7, 11) is 2.19. The van der Waals surface area contributed by atoms with Crippen molar-refractivity contribution in [3.63, 3.8) is 0 Å². The van der Waals surface area contributed by atoms with E-state index in [0.29, 0.717) is 6.10 Å². The number of hydrogen-bond acceptors (Lipinski definition) is 3. The zero-order valence-corrected chi connectivity index (χ0v) is 12.0. The summed E-state index contributed by atoms with van der Waals surface area (Å²) in [6.45, 7) is 5.41. The van der Waals surface area contributed by atoms with E-state index in [9.17, 15) is 0 Å². The second kappa shape index (κ2) is 5.41. The number of ether oxygens (including phenoxy) is 1. The highest BCUT2D eigenvalue weighted by Crippen LogP contribution is 2.36. The van der Waals surface area contributed by atoms with E-state index in [2.05, 4.69) is 36.3 Å². The normalized spacial score (nSPS) is 22.2. The van der Waals surface area contributed by atoms with Crippen molar-refractivity contribution in [1.29, 1.82) is 0 Å². The second-order valence-electron chi connectivity index (χ2n) is 5.75. The molecule has 0 saturated heterocycles. The van der Waals surface area contributed by atoms with Gasteiger partial charge in [0, 0.05) is 7.05 Å². The van der Waals surface area contributed by atoms with Crippen LogP contribution in [0.4, 0.5) is 5.69 Å². The van der Waals surface area contributed by atoms with Gasteiger partial charge in [0.1, 0.15) is 11.9 Å². The number of nitrogens with zero attached hydrogens (tertiary/aromatic N) is 1. The first kappa shape index (κ1) is 12.8. The molecule has 3 nitrogen and oxygen atoms in total. The van der Waals surface area contributed by atoms with Gasteiger partial charge in [-0.15, -0.1) is 0 Å². The fraction of sp³-hybridized carbons (Fsp3) is 0.625. The Morgan fingerprint density at radius 2 is 2.00 bits per heavy atom. The van der Waals surface area contributed by atoms with Gasteiger partial charge in [0.05, 0.1) is 12.2 Å². The molecule has 0 spiro atoms. The van der Waals surface area contributed by atoms with Crippen LogP contribution in [0.2, 0.25) is 0 Å². The fourth-order valence-electron chi connectivity index (χ4n) is 3.18. The van der Waals surface area contributed by atoms with Gasteiger partial charge in [0.2, 0.25) is 0 Å². The van der Waals surface area contributed by atoms with Crippen LogP contribution < -0.4 is 15.0 Å². The molecular formula is C16H24N2O. The first-order valence-electron chi connectivity index (χ1n) is 7.52. The largest absolute Gasteiger partial charge is 0.486 e. The predicted molar refractivity (Wildman–Crippen MR) is 79.3 cm³/mol. The quantitative estimate of drug-likeness (QED) is 0.883. The van der Waals surface area contributed by atoms with Gasteiger partial charge in [0.15, 0.2) is 0 Å². The molecule has 2 aliphatic rings. The predicted octanol–water partition coefficient (Wildman–Crippen LogP) is 2.37. The van der Waals surface area contributed by atoms with Crippen molar-refractivity contribution in [2.45, 2.75) is 38.7 Å². The topological polar surface area (TPSA) is 24.5 Å². The first-order chi connectivity index (χ1) is 9.28. The number of benzene rings is 1. The summed E-state index contributed by atoms with van der Waals surface area (Å²) in [6, 6.07) is 4.63. The highest BCUT2D eigenvalue weighted by atomic mass is 16.5. The van der Waals surface area contributed by atoms with E-state index in [1.807, 2.05) is 0 Å². The Balaban J connectivity index is 1.92. The van der Waals surface area contributed by atoms with Crippen molar-refractivity contribution >= 4 is 5.69 Å². The third-order valence-corrected chi connectivity index (χ3v) is 4.22. The van der Waals surface area contributed by atoms with E-state index in [-0.39, 0.29) is 0 Å². The number of likely N-dealkylation sites (N-methyl/N-ethyl adjacent to an activating group) is 1. The molecule has 3 heteroatoms. The minimum absolute atomic E-state index is 0.351. The summed E-state index contributed by atoms with van der Waals surface area (Å²) in [5.74, 6) is 1.09. The van der Waals surface area contributed by atoms with Crippen LogP contribution >= 0.6 is 0 Å². The van der Waals surface area contributed by atoms with Crippen molar-refractivity contribution in [1.82, 2.24) is 5.32 Å². The lowest BCUT2D eigenvalue weighted by molar-refractivity contribution is 0.184. The molecule has 0 saturated carbocycles. The van der Waals surface area contributed by atoms with Crippen molar-refractivity contribution in [3.8, 4) is 5.75 Å². The van der Waals surface area contributed by atoms with Gasteiger partial charge in [-0.25, -0.2) is 0 Å². The molecule has 19 heavy (non-hydrogen) atoms. The highest BCUT2D eigenvalue weighted by Gasteiger charge is 2.24. The van der Waals surface area contributed by atoms with Gasteiger partial charge >= 0.3 is 0 Å². The SMILES string of the molecule is CCC[C@H]1CN(C)c2cc3c(cc2O1)CCNCC3. The van der Waals surface area contributed by atoms with Crippen LogP contribution in [-0.2, 0) is 12.8 Å². The van der Waals surface area contributed by atoms with Crippen LogP contribution in [0.1, 0.15) is 30.9 Å². The average Bonchev–Trinajstić information content (AvgIpc) is 2.62. The summed E-state index contributed by atoms with van der Waals surface area (Å²) < 4.78 is 6.19. The molecule has 0 aliphatic carbocycles. The fourth-order valence-corrected chi connectivity index (χ4v) is 3.18. The third kappa shape index (κ3) is 2.57. The smallest absolute Gasteiger partial charge is 0.143 e. The number of fused-ring (bicyclic) bond motifs is 2. The highest BCUT2D eigenvalue weighted by molar-refractivity contribution is 5.63. The molecule has 2 heterocycles. The van der Waals surface area contributed by atoms with Gasteiger partial charge in [-0.3, -0.25) is 0 Å². The van der Waals surface area contributed by atoms with Gasteiger partial charge in [-0.05, 0) is 55.6 Å².